The standard InChI is InChI=1S/C19H15ClFN3O3/c1-24-7-6-22-18(24)16(11-2-4-13(21)5-3-11)23-19(25)12-8-14(20)17-15(9-12)26-10-27-17/h2-9,16H,10H2,1H3,(H,23,25). The van der Waals surface area contributed by atoms with Crippen LogP contribution in [0.3, 0.4) is 0 Å². The van der Waals surface area contributed by atoms with Gasteiger partial charge in [-0.15, -0.1) is 0 Å². The fraction of sp³-hybridized carbons (Fsp3) is 0.158. The van der Waals surface area contributed by atoms with Crippen LogP contribution in [0.2, 0.25) is 5.02 Å². The SMILES string of the molecule is Cn1ccnc1C(NC(=O)c1cc(Cl)c2c(c1)OCO2)c1ccc(F)cc1. The maximum Gasteiger partial charge on any atom is 0.252 e. The second-order valence-electron chi connectivity index (χ2n) is 6.05. The zero-order valence-corrected chi connectivity index (χ0v) is 15.0. The molecule has 138 valence electrons. The van der Waals surface area contributed by atoms with Gasteiger partial charge in [-0.1, -0.05) is 23.7 Å². The Labute approximate surface area is 159 Å². The number of rotatable bonds is 4. The van der Waals surface area contributed by atoms with E-state index in [0.717, 1.165) is 0 Å². The highest BCUT2D eigenvalue weighted by atomic mass is 35.5. The predicted molar refractivity (Wildman–Crippen MR) is 96.5 cm³/mol. The number of carbonyl (C=O) groups excluding carboxylic acids is 1. The fourth-order valence-electron chi connectivity index (χ4n) is 2.92. The van der Waals surface area contributed by atoms with Gasteiger partial charge in [0, 0.05) is 25.0 Å². The molecule has 0 saturated heterocycles. The molecule has 27 heavy (non-hydrogen) atoms. The molecule has 0 aliphatic carbocycles. The minimum atomic E-state index is -0.567. The van der Waals surface area contributed by atoms with Crippen molar-refractivity contribution in [3.63, 3.8) is 0 Å². The molecular formula is C19H15ClFN3O3. The first-order chi connectivity index (χ1) is 13.0. The lowest BCUT2D eigenvalue weighted by molar-refractivity contribution is 0.0940. The third-order valence-corrected chi connectivity index (χ3v) is 4.57. The maximum atomic E-state index is 13.3. The van der Waals surface area contributed by atoms with Crippen LogP contribution in [-0.4, -0.2) is 22.3 Å². The van der Waals surface area contributed by atoms with E-state index in [2.05, 4.69) is 10.3 Å². The van der Waals surface area contributed by atoms with Gasteiger partial charge in [-0.3, -0.25) is 4.79 Å². The minimum Gasteiger partial charge on any atom is -0.454 e. The van der Waals surface area contributed by atoms with Crippen LogP contribution >= 0.6 is 11.6 Å². The van der Waals surface area contributed by atoms with Crippen LogP contribution in [-0.2, 0) is 7.05 Å². The number of amides is 1. The topological polar surface area (TPSA) is 65.4 Å². The molecule has 3 aromatic rings. The van der Waals surface area contributed by atoms with Crippen molar-refractivity contribution in [2.45, 2.75) is 6.04 Å². The van der Waals surface area contributed by atoms with E-state index in [9.17, 15) is 9.18 Å². The van der Waals surface area contributed by atoms with Gasteiger partial charge in [0.15, 0.2) is 11.5 Å². The van der Waals surface area contributed by atoms with Crippen molar-refractivity contribution in [3.8, 4) is 11.5 Å². The third kappa shape index (κ3) is 3.33. The summed E-state index contributed by atoms with van der Waals surface area (Å²) in [7, 11) is 1.82. The summed E-state index contributed by atoms with van der Waals surface area (Å²) < 4.78 is 25.7. The molecule has 1 atom stereocenters. The molecule has 1 aliphatic heterocycles. The number of hydrogen-bond acceptors (Lipinski definition) is 4. The molecule has 0 fully saturated rings. The zero-order chi connectivity index (χ0) is 19.0. The molecule has 4 rings (SSSR count). The van der Waals surface area contributed by atoms with Crippen molar-refractivity contribution >= 4 is 17.5 Å². The number of aryl methyl sites for hydroxylation is 1. The van der Waals surface area contributed by atoms with E-state index in [-0.39, 0.29) is 18.5 Å². The van der Waals surface area contributed by atoms with Gasteiger partial charge < -0.3 is 19.4 Å². The Bertz CT molecular complexity index is 1000. The summed E-state index contributed by atoms with van der Waals surface area (Å²) in [6.45, 7) is 0.0611. The Morgan fingerprint density at radius 3 is 2.78 bits per heavy atom. The van der Waals surface area contributed by atoms with Gasteiger partial charge in [0.05, 0.1) is 5.02 Å². The van der Waals surface area contributed by atoms with Crippen LogP contribution < -0.4 is 14.8 Å². The number of nitrogens with zero attached hydrogens (tertiary/aromatic N) is 2. The summed E-state index contributed by atoms with van der Waals surface area (Å²) in [5, 5.41) is 3.23. The van der Waals surface area contributed by atoms with E-state index < -0.39 is 6.04 Å². The number of benzene rings is 2. The molecule has 6 nitrogen and oxygen atoms in total. The summed E-state index contributed by atoms with van der Waals surface area (Å²) in [6.07, 6.45) is 3.41. The number of carbonyl (C=O) groups is 1. The van der Waals surface area contributed by atoms with E-state index >= 15 is 0 Å². The Hall–Kier alpha value is -3.06. The van der Waals surface area contributed by atoms with Gasteiger partial charge in [-0.05, 0) is 29.8 Å². The molecule has 1 unspecified atom stereocenters. The lowest BCUT2D eigenvalue weighted by Crippen LogP contribution is -2.31. The van der Waals surface area contributed by atoms with Crippen LogP contribution in [0, 0.1) is 5.82 Å². The van der Waals surface area contributed by atoms with Gasteiger partial charge in [0.1, 0.15) is 17.7 Å². The second kappa shape index (κ2) is 6.92. The molecular weight excluding hydrogens is 373 g/mol. The predicted octanol–water partition coefficient (Wildman–Crippen LogP) is 3.46. The summed E-state index contributed by atoms with van der Waals surface area (Å²) in [6, 6.07) is 8.43. The highest BCUT2D eigenvalue weighted by molar-refractivity contribution is 6.32. The Morgan fingerprint density at radius 1 is 1.30 bits per heavy atom. The first-order valence-electron chi connectivity index (χ1n) is 8.15. The van der Waals surface area contributed by atoms with Crippen LogP contribution in [0.1, 0.15) is 27.8 Å². The van der Waals surface area contributed by atoms with Crippen LogP contribution in [0.25, 0.3) is 0 Å². The molecule has 2 heterocycles. The number of aromatic nitrogens is 2. The van der Waals surface area contributed by atoms with E-state index in [0.29, 0.717) is 33.5 Å². The summed E-state index contributed by atoms with van der Waals surface area (Å²) in [5.74, 6) is 0.732. The Morgan fingerprint density at radius 2 is 2.07 bits per heavy atom. The Balaban J connectivity index is 1.68. The van der Waals surface area contributed by atoms with Crippen molar-refractivity contribution < 1.29 is 18.7 Å². The van der Waals surface area contributed by atoms with E-state index in [1.54, 1.807) is 35.2 Å². The van der Waals surface area contributed by atoms with Gasteiger partial charge in [0.2, 0.25) is 6.79 Å². The van der Waals surface area contributed by atoms with Gasteiger partial charge in [0.25, 0.3) is 5.91 Å². The minimum absolute atomic E-state index is 0.0611. The molecule has 8 heteroatoms. The molecule has 0 spiro atoms. The summed E-state index contributed by atoms with van der Waals surface area (Å²) in [5.41, 5.74) is 1.02. The quantitative estimate of drug-likeness (QED) is 0.744. The highest BCUT2D eigenvalue weighted by Gasteiger charge is 2.24. The normalized spacial score (nSPS) is 13.4. The number of nitrogens with one attached hydrogen (secondary N) is 1. The first kappa shape index (κ1) is 17.4. The number of ether oxygens (including phenoxy) is 2. The van der Waals surface area contributed by atoms with Crippen molar-refractivity contribution in [1.29, 1.82) is 0 Å². The second-order valence-corrected chi connectivity index (χ2v) is 6.45. The van der Waals surface area contributed by atoms with Gasteiger partial charge >= 0.3 is 0 Å². The largest absolute Gasteiger partial charge is 0.454 e. The number of halogens is 2. The summed E-state index contributed by atoms with van der Waals surface area (Å²) in [4.78, 5) is 17.2. The van der Waals surface area contributed by atoms with Crippen LogP contribution in [0.15, 0.2) is 48.8 Å². The molecule has 0 radical (unpaired) electrons. The van der Waals surface area contributed by atoms with E-state index in [1.807, 2.05) is 7.05 Å². The first-order valence-corrected chi connectivity index (χ1v) is 8.53. The van der Waals surface area contributed by atoms with Crippen molar-refractivity contribution in [3.05, 3.63) is 76.6 Å². The van der Waals surface area contributed by atoms with Crippen molar-refractivity contribution in [2.75, 3.05) is 6.79 Å². The molecule has 0 bridgehead atoms. The number of imidazole rings is 1. The van der Waals surface area contributed by atoms with Crippen LogP contribution in [0.4, 0.5) is 4.39 Å². The third-order valence-electron chi connectivity index (χ3n) is 4.28. The number of hydrogen-bond donors (Lipinski definition) is 1. The molecule has 1 amide bonds. The summed E-state index contributed by atoms with van der Waals surface area (Å²) >= 11 is 6.17. The molecule has 2 aromatic carbocycles. The zero-order valence-electron chi connectivity index (χ0n) is 14.3. The lowest BCUT2D eigenvalue weighted by Gasteiger charge is -2.19. The fourth-order valence-corrected chi connectivity index (χ4v) is 3.19. The Kier molecular flexibility index (Phi) is 4.45. The molecule has 1 aromatic heterocycles. The molecule has 1 aliphatic rings. The van der Waals surface area contributed by atoms with E-state index in [1.165, 1.54) is 18.2 Å². The molecule has 1 N–H and O–H groups in total. The average molecular weight is 388 g/mol. The van der Waals surface area contributed by atoms with Crippen molar-refractivity contribution in [2.24, 2.45) is 7.05 Å². The van der Waals surface area contributed by atoms with E-state index in [4.69, 9.17) is 21.1 Å². The number of fused-ring (bicyclic) bond motifs is 1. The van der Waals surface area contributed by atoms with Gasteiger partial charge in [-0.2, -0.15) is 0 Å². The van der Waals surface area contributed by atoms with Gasteiger partial charge in [-0.25, -0.2) is 9.37 Å². The lowest BCUT2D eigenvalue weighted by atomic mass is 10.0. The smallest absolute Gasteiger partial charge is 0.252 e. The highest BCUT2D eigenvalue weighted by Crippen LogP contribution is 2.39. The van der Waals surface area contributed by atoms with Crippen molar-refractivity contribution in [1.82, 2.24) is 14.9 Å². The monoisotopic (exact) mass is 387 g/mol. The molecule has 0 saturated carbocycles. The van der Waals surface area contributed by atoms with Crippen LogP contribution in [0.5, 0.6) is 11.5 Å². The average Bonchev–Trinajstić information content (AvgIpc) is 3.29. The maximum absolute atomic E-state index is 13.3.